The predicted molar refractivity (Wildman–Crippen MR) is 110 cm³/mol. The highest BCUT2D eigenvalue weighted by atomic mass is 28.4. The van der Waals surface area contributed by atoms with E-state index in [2.05, 4.69) is 33.9 Å². The van der Waals surface area contributed by atoms with Gasteiger partial charge in [0.2, 0.25) is 0 Å². The SMILES string of the molecule is CC(=O)OC[C@H](Cc1ccccc1)O[C@H](CO[Si](C)(C)C(C)(C)C)[C@@H](C)O. The Kier molecular flexibility index (Phi) is 9.15. The molecule has 0 aliphatic rings. The molecule has 0 aliphatic carbocycles. The quantitative estimate of drug-likeness (QED) is 0.479. The topological polar surface area (TPSA) is 65.0 Å². The van der Waals surface area contributed by atoms with Gasteiger partial charge >= 0.3 is 5.97 Å². The molecule has 0 radical (unpaired) electrons. The van der Waals surface area contributed by atoms with Gasteiger partial charge in [-0.25, -0.2) is 0 Å². The Morgan fingerprint density at radius 2 is 1.74 bits per heavy atom. The van der Waals surface area contributed by atoms with E-state index < -0.39 is 20.5 Å². The van der Waals surface area contributed by atoms with Gasteiger partial charge in [-0.2, -0.15) is 0 Å². The number of aliphatic hydroxyl groups excluding tert-OH is 1. The zero-order chi connectivity index (χ0) is 20.7. The van der Waals surface area contributed by atoms with Gasteiger partial charge < -0.3 is 19.0 Å². The summed E-state index contributed by atoms with van der Waals surface area (Å²) >= 11 is 0. The van der Waals surface area contributed by atoms with E-state index in [1.54, 1.807) is 6.92 Å². The van der Waals surface area contributed by atoms with Gasteiger partial charge in [0.05, 0.1) is 18.8 Å². The minimum atomic E-state index is -1.95. The molecule has 0 aromatic heterocycles. The Morgan fingerprint density at radius 3 is 2.22 bits per heavy atom. The highest BCUT2D eigenvalue weighted by Crippen LogP contribution is 2.36. The minimum Gasteiger partial charge on any atom is -0.463 e. The molecule has 1 aromatic carbocycles. The standard InChI is InChI=1S/C21H36O5Si/c1-16(22)20(15-25-27(6,7)21(3,4)5)26-19(14-24-17(2)23)13-18-11-9-8-10-12-18/h8-12,16,19-20,22H,13-15H2,1-7H3/t16-,19+,20-/m1/s1. The van der Waals surface area contributed by atoms with Gasteiger partial charge in [-0.1, -0.05) is 51.1 Å². The van der Waals surface area contributed by atoms with Crippen LogP contribution < -0.4 is 0 Å². The third-order valence-electron chi connectivity index (χ3n) is 5.10. The summed E-state index contributed by atoms with van der Waals surface area (Å²) in [6.45, 7) is 14.4. The van der Waals surface area contributed by atoms with Crippen molar-refractivity contribution >= 4 is 14.3 Å². The summed E-state index contributed by atoms with van der Waals surface area (Å²) in [7, 11) is -1.95. The number of carbonyl (C=O) groups is 1. The van der Waals surface area contributed by atoms with Crippen LogP contribution in [0.15, 0.2) is 30.3 Å². The van der Waals surface area contributed by atoms with Crippen molar-refractivity contribution in [3.05, 3.63) is 35.9 Å². The van der Waals surface area contributed by atoms with Crippen LogP contribution in [-0.2, 0) is 25.1 Å². The van der Waals surface area contributed by atoms with E-state index >= 15 is 0 Å². The number of esters is 1. The fourth-order valence-electron chi connectivity index (χ4n) is 2.28. The number of aliphatic hydroxyl groups is 1. The zero-order valence-corrected chi connectivity index (χ0v) is 18.8. The van der Waals surface area contributed by atoms with E-state index in [0.717, 1.165) is 5.56 Å². The molecule has 1 N–H and O–H groups in total. The first-order chi connectivity index (χ1) is 12.4. The summed E-state index contributed by atoms with van der Waals surface area (Å²) in [6, 6.07) is 9.90. The Hall–Kier alpha value is -1.21. The average molecular weight is 397 g/mol. The first-order valence-corrected chi connectivity index (χ1v) is 12.5. The van der Waals surface area contributed by atoms with Crippen molar-refractivity contribution in [2.75, 3.05) is 13.2 Å². The van der Waals surface area contributed by atoms with Crippen LogP contribution in [0, 0.1) is 0 Å². The molecule has 0 spiro atoms. The summed E-state index contributed by atoms with van der Waals surface area (Å²) < 4.78 is 17.6. The molecular weight excluding hydrogens is 360 g/mol. The van der Waals surface area contributed by atoms with E-state index in [-0.39, 0.29) is 23.7 Å². The van der Waals surface area contributed by atoms with Crippen molar-refractivity contribution in [3.63, 3.8) is 0 Å². The largest absolute Gasteiger partial charge is 0.463 e. The molecule has 0 aliphatic heterocycles. The van der Waals surface area contributed by atoms with Crippen LogP contribution >= 0.6 is 0 Å². The number of hydrogen-bond donors (Lipinski definition) is 1. The van der Waals surface area contributed by atoms with Crippen LogP contribution in [0.1, 0.15) is 40.2 Å². The molecule has 1 aromatic rings. The van der Waals surface area contributed by atoms with Gasteiger partial charge in [-0.05, 0) is 30.6 Å². The normalized spacial score (nSPS) is 15.9. The van der Waals surface area contributed by atoms with Crippen LogP contribution in [0.4, 0.5) is 0 Å². The van der Waals surface area contributed by atoms with Crippen LogP contribution in [0.3, 0.4) is 0 Å². The highest BCUT2D eigenvalue weighted by Gasteiger charge is 2.38. The first-order valence-electron chi connectivity index (χ1n) is 9.57. The minimum absolute atomic E-state index is 0.0808. The van der Waals surface area contributed by atoms with Crippen LogP contribution in [0.25, 0.3) is 0 Å². The second-order valence-corrected chi connectivity index (χ2v) is 13.4. The molecule has 0 unspecified atom stereocenters. The van der Waals surface area contributed by atoms with E-state index in [1.165, 1.54) is 6.92 Å². The molecule has 0 saturated carbocycles. The van der Waals surface area contributed by atoms with E-state index in [9.17, 15) is 9.90 Å². The molecule has 5 nitrogen and oxygen atoms in total. The molecule has 27 heavy (non-hydrogen) atoms. The van der Waals surface area contributed by atoms with Crippen LogP contribution in [0.5, 0.6) is 0 Å². The second-order valence-electron chi connectivity index (χ2n) is 8.60. The lowest BCUT2D eigenvalue weighted by atomic mass is 10.1. The molecule has 0 fully saturated rings. The van der Waals surface area contributed by atoms with Gasteiger partial charge in [0.25, 0.3) is 0 Å². The van der Waals surface area contributed by atoms with Crippen LogP contribution in [0.2, 0.25) is 18.1 Å². The summed E-state index contributed by atoms with van der Waals surface area (Å²) in [5.74, 6) is -0.345. The molecule has 1 rings (SSSR count). The average Bonchev–Trinajstić information content (AvgIpc) is 2.55. The predicted octanol–water partition coefficient (Wildman–Crippen LogP) is 3.95. The van der Waals surface area contributed by atoms with Crippen LogP contribution in [-0.4, -0.2) is 50.9 Å². The number of hydrogen-bond acceptors (Lipinski definition) is 5. The number of rotatable bonds is 10. The Morgan fingerprint density at radius 1 is 1.15 bits per heavy atom. The third-order valence-corrected chi connectivity index (χ3v) is 9.60. The molecule has 0 heterocycles. The monoisotopic (exact) mass is 396 g/mol. The highest BCUT2D eigenvalue weighted by molar-refractivity contribution is 6.74. The van der Waals surface area contributed by atoms with E-state index in [1.807, 2.05) is 30.3 Å². The fourth-order valence-corrected chi connectivity index (χ4v) is 3.29. The zero-order valence-electron chi connectivity index (χ0n) is 17.8. The Balaban J connectivity index is 2.81. The fraction of sp³-hybridized carbons (Fsp3) is 0.667. The summed E-state index contributed by atoms with van der Waals surface area (Å²) in [6.07, 6.45) is -0.926. The first kappa shape index (κ1) is 23.8. The lowest BCUT2D eigenvalue weighted by molar-refractivity contribution is -0.151. The van der Waals surface area contributed by atoms with Gasteiger partial charge in [0.15, 0.2) is 8.32 Å². The third kappa shape index (κ3) is 8.56. The van der Waals surface area contributed by atoms with Gasteiger partial charge in [-0.15, -0.1) is 0 Å². The van der Waals surface area contributed by atoms with Gasteiger partial charge in [0.1, 0.15) is 12.7 Å². The molecule has 0 amide bonds. The molecular formula is C21H36O5Si. The van der Waals surface area contributed by atoms with Crippen molar-refractivity contribution in [1.82, 2.24) is 0 Å². The Bertz CT molecular complexity index is 566. The maximum Gasteiger partial charge on any atom is 0.302 e. The maximum absolute atomic E-state index is 11.2. The summed E-state index contributed by atoms with van der Waals surface area (Å²) in [5, 5.41) is 10.3. The van der Waals surface area contributed by atoms with Gasteiger partial charge in [-0.3, -0.25) is 4.79 Å². The van der Waals surface area contributed by atoms with Crippen molar-refractivity contribution < 1.29 is 23.8 Å². The molecule has 0 saturated heterocycles. The van der Waals surface area contributed by atoms with Crippen molar-refractivity contribution in [3.8, 4) is 0 Å². The Labute approximate surface area is 165 Å². The summed E-state index contributed by atoms with van der Waals surface area (Å²) in [5.41, 5.74) is 1.09. The maximum atomic E-state index is 11.2. The molecule has 6 heteroatoms. The molecule has 3 atom stereocenters. The smallest absolute Gasteiger partial charge is 0.302 e. The number of carbonyl (C=O) groups excluding carboxylic acids is 1. The number of benzene rings is 1. The van der Waals surface area contributed by atoms with Crippen molar-refractivity contribution in [1.29, 1.82) is 0 Å². The van der Waals surface area contributed by atoms with Gasteiger partial charge in [0, 0.05) is 13.3 Å². The second kappa shape index (κ2) is 10.4. The summed E-state index contributed by atoms with van der Waals surface area (Å²) in [4.78, 5) is 11.2. The van der Waals surface area contributed by atoms with Crippen molar-refractivity contribution in [2.45, 2.75) is 77.5 Å². The van der Waals surface area contributed by atoms with E-state index in [4.69, 9.17) is 13.9 Å². The number of ether oxygens (including phenoxy) is 2. The lowest BCUT2D eigenvalue weighted by Crippen LogP contribution is -2.46. The lowest BCUT2D eigenvalue weighted by Gasteiger charge is -2.38. The van der Waals surface area contributed by atoms with Crippen molar-refractivity contribution in [2.24, 2.45) is 0 Å². The molecule has 0 bridgehead atoms. The molecule has 154 valence electrons. The van der Waals surface area contributed by atoms with E-state index in [0.29, 0.717) is 13.0 Å².